The molecule has 0 aliphatic carbocycles. The summed E-state index contributed by atoms with van der Waals surface area (Å²) in [7, 11) is 0. The summed E-state index contributed by atoms with van der Waals surface area (Å²) >= 11 is 0. The van der Waals surface area contributed by atoms with E-state index in [1.807, 2.05) is 36.9 Å². The van der Waals surface area contributed by atoms with Crippen molar-refractivity contribution < 1.29 is 9.53 Å². The third kappa shape index (κ3) is 4.68. The van der Waals surface area contributed by atoms with Gasteiger partial charge < -0.3 is 9.64 Å². The van der Waals surface area contributed by atoms with Crippen LogP contribution in [0.2, 0.25) is 0 Å². The molecule has 0 aromatic heterocycles. The van der Waals surface area contributed by atoms with Gasteiger partial charge in [-0.1, -0.05) is 42.5 Å². The number of likely N-dealkylation sites (N-methyl/N-ethyl adjacent to an activating group) is 1. The van der Waals surface area contributed by atoms with E-state index in [9.17, 15) is 4.79 Å². The molecule has 2 rings (SSSR count). The molecule has 0 bridgehead atoms. The Morgan fingerprint density at radius 3 is 2.77 bits per heavy atom. The van der Waals surface area contributed by atoms with Gasteiger partial charge in [0.1, 0.15) is 0 Å². The van der Waals surface area contributed by atoms with Crippen molar-refractivity contribution in [1.82, 2.24) is 9.80 Å². The van der Waals surface area contributed by atoms with E-state index in [-0.39, 0.29) is 12.0 Å². The van der Waals surface area contributed by atoms with Gasteiger partial charge in [-0.15, -0.1) is 0 Å². The molecule has 0 spiro atoms. The van der Waals surface area contributed by atoms with Crippen LogP contribution in [0.3, 0.4) is 0 Å². The topological polar surface area (TPSA) is 32.8 Å². The molecule has 1 fully saturated rings. The molecular weight excluding hydrogens is 276 g/mol. The number of carbonyl (C=O) groups excluding carboxylic acids is 1. The highest BCUT2D eigenvalue weighted by Gasteiger charge is 2.24. The number of nitrogens with zero attached hydrogens (tertiary/aromatic N) is 2. The summed E-state index contributed by atoms with van der Waals surface area (Å²) in [6.07, 6.45) is 0.0546. The van der Waals surface area contributed by atoms with Gasteiger partial charge in [-0.2, -0.15) is 0 Å². The Balaban J connectivity index is 1.92. The van der Waals surface area contributed by atoms with Gasteiger partial charge >= 0.3 is 0 Å². The summed E-state index contributed by atoms with van der Waals surface area (Å²) < 4.78 is 5.85. The average Bonchev–Trinajstić information content (AvgIpc) is 2.53. The second kappa shape index (κ2) is 8.11. The van der Waals surface area contributed by atoms with Gasteiger partial charge in [0.05, 0.1) is 19.3 Å². The van der Waals surface area contributed by atoms with Gasteiger partial charge in [0.15, 0.2) is 0 Å². The molecule has 1 aromatic rings. The zero-order valence-electron chi connectivity index (χ0n) is 13.6. The minimum Gasteiger partial charge on any atom is -0.371 e. The van der Waals surface area contributed by atoms with Crippen molar-refractivity contribution >= 4 is 5.91 Å². The Bertz CT molecular complexity index is 501. The molecule has 0 N–H and O–H groups in total. The lowest BCUT2D eigenvalue weighted by Crippen LogP contribution is -2.45. The van der Waals surface area contributed by atoms with Gasteiger partial charge in [0, 0.05) is 26.2 Å². The van der Waals surface area contributed by atoms with E-state index in [0.29, 0.717) is 19.7 Å². The molecule has 4 nitrogen and oxygen atoms in total. The summed E-state index contributed by atoms with van der Waals surface area (Å²) in [4.78, 5) is 16.5. The molecule has 1 aliphatic heterocycles. The Morgan fingerprint density at radius 2 is 2.14 bits per heavy atom. The third-order valence-electron chi connectivity index (χ3n) is 3.88. The highest BCUT2D eigenvalue weighted by atomic mass is 16.5. The summed E-state index contributed by atoms with van der Waals surface area (Å²) in [5.74, 6) is 0.166. The Morgan fingerprint density at radius 1 is 1.41 bits per heavy atom. The van der Waals surface area contributed by atoms with Crippen LogP contribution in [-0.2, 0) is 9.53 Å². The predicted octanol–water partition coefficient (Wildman–Crippen LogP) is 2.48. The number of hydrogen-bond donors (Lipinski definition) is 0. The average molecular weight is 302 g/mol. The molecule has 0 saturated carbocycles. The van der Waals surface area contributed by atoms with E-state index in [1.165, 1.54) is 5.56 Å². The predicted molar refractivity (Wildman–Crippen MR) is 88.6 cm³/mol. The quantitative estimate of drug-likeness (QED) is 0.757. The van der Waals surface area contributed by atoms with Gasteiger partial charge in [0.2, 0.25) is 5.91 Å². The highest BCUT2D eigenvalue weighted by molar-refractivity contribution is 5.78. The number of morpholine rings is 1. The Kier molecular flexibility index (Phi) is 6.16. The number of carbonyl (C=O) groups is 1. The van der Waals surface area contributed by atoms with E-state index in [0.717, 1.165) is 25.2 Å². The Labute approximate surface area is 133 Å². The van der Waals surface area contributed by atoms with E-state index in [4.69, 9.17) is 4.74 Å². The SMILES string of the molecule is C=C(C)CN(CC)C(=O)CN1CCOC(c2ccccc2)C1. The maximum atomic E-state index is 12.4. The second-order valence-electron chi connectivity index (χ2n) is 5.87. The molecule has 1 unspecified atom stereocenters. The zero-order chi connectivity index (χ0) is 15.9. The van der Waals surface area contributed by atoms with Gasteiger partial charge in [-0.05, 0) is 19.4 Å². The molecule has 4 heteroatoms. The molecule has 120 valence electrons. The van der Waals surface area contributed by atoms with Gasteiger partial charge in [-0.3, -0.25) is 9.69 Å². The fourth-order valence-electron chi connectivity index (χ4n) is 2.71. The van der Waals surface area contributed by atoms with Crippen molar-refractivity contribution in [3.8, 4) is 0 Å². The minimum atomic E-state index is 0.0546. The van der Waals surface area contributed by atoms with Crippen LogP contribution in [0.4, 0.5) is 0 Å². The zero-order valence-corrected chi connectivity index (χ0v) is 13.6. The van der Waals surface area contributed by atoms with Crippen molar-refractivity contribution in [2.75, 3.05) is 39.3 Å². The first-order chi connectivity index (χ1) is 10.6. The molecule has 0 radical (unpaired) electrons. The largest absolute Gasteiger partial charge is 0.371 e. The lowest BCUT2D eigenvalue weighted by atomic mass is 10.1. The molecule has 1 aromatic carbocycles. The monoisotopic (exact) mass is 302 g/mol. The van der Waals surface area contributed by atoms with E-state index < -0.39 is 0 Å². The molecular formula is C18H26N2O2. The molecule has 1 saturated heterocycles. The number of ether oxygens (including phenoxy) is 1. The molecule has 1 amide bonds. The van der Waals surface area contributed by atoms with Crippen LogP contribution in [0.15, 0.2) is 42.5 Å². The standard InChI is InChI=1S/C18H26N2O2/c1-4-20(12-15(2)3)18(21)14-19-10-11-22-17(13-19)16-8-6-5-7-9-16/h5-9,17H,2,4,10-14H2,1,3H3. The fourth-order valence-corrected chi connectivity index (χ4v) is 2.71. The maximum absolute atomic E-state index is 12.4. The van der Waals surface area contributed by atoms with Crippen LogP contribution in [0, 0.1) is 0 Å². The first-order valence-corrected chi connectivity index (χ1v) is 7.91. The van der Waals surface area contributed by atoms with Crippen LogP contribution in [-0.4, -0.2) is 55.0 Å². The number of rotatable bonds is 6. The minimum absolute atomic E-state index is 0.0546. The smallest absolute Gasteiger partial charge is 0.237 e. The van der Waals surface area contributed by atoms with Crippen LogP contribution in [0.25, 0.3) is 0 Å². The first kappa shape index (κ1) is 16.7. The van der Waals surface area contributed by atoms with Crippen LogP contribution >= 0.6 is 0 Å². The maximum Gasteiger partial charge on any atom is 0.237 e. The van der Waals surface area contributed by atoms with Crippen LogP contribution < -0.4 is 0 Å². The molecule has 1 heterocycles. The van der Waals surface area contributed by atoms with Crippen molar-refractivity contribution in [2.45, 2.75) is 20.0 Å². The lowest BCUT2D eigenvalue weighted by Gasteiger charge is -2.34. The van der Waals surface area contributed by atoms with Crippen molar-refractivity contribution in [3.63, 3.8) is 0 Å². The highest BCUT2D eigenvalue weighted by Crippen LogP contribution is 2.21. The lowest BCUT2D eigenvalue weighted by molar-refractivity contribution is -0.133. The summed E-state index contributed by atoms with van der Waals surface area (Å²) in [5.41, 5.74) is 2.19. The van der Waals surface area contributed by atoms with Gasteiger partial charge in [0.25, 0.3) is 0 Å². The summed E-state index contributed by atoms with van der Waals surface area (Å²) in [5, 5.41) is 0. The normalized spacial score (nSPS) is 18.9. The third-order valence-corrected chi connectivity index (χ3v) is 3.88. The van der Waals surface area contributed by atoms with Crippen molar-refractivity contribution in [2.24, 2.45) is 0 Å². The van der Waals surface area contributed by atoms with Crippen molar-refractivity contribution in [1.29, 1.82) is 0 Å². The van der Waals surface area contributed by atoms with E-state index >= 15 is 0 Å². The van der Waals surface area contributed by atoms with Crippen molar-refractivity contribution in [3.05, 3.63) is 48.0 Å². The number of hydrogen-bond acceptors (Lipinski definition) is 3. The number of amides is 1. The fraction of sp³-hybridized carbons (Fsp3) is 0.500. The van der Waals surface area contributed by atoms with Crippen LogP contribution in [0.1, 0.15) is 25.5 Å². The number of benzene rings is 1. The van der Waals surface area contributed by atoms with Gasteiger partial charge in [-0.25, -0.2) is 0 Å². The van der Waals surface area contributed by atoms with Crippen LogP contribution in [0.5, 0.6) is 0 Å². The Hall–Kier alpha value is -1.65. The second-order valence-corrected chi connectivity index (χ2v) is 5.87. The first-order valence-electron chi connectivity index (χ1n) is 7.91. The summed E-state index contributed by atoms with van der Waals surface area (Å²) in [6, 6.07) is 10.2. The molecule has 22 heavy (non-hydrogen) atoms. The van der Waals surface area contributed by atoms with E-state index in [2.05, 4.69) is 23.6 Å². The molecule has 1 aliphatic rings. The molecule has 1 atom stereocenters. The van der Waals surface area contributed by atoms with E-state index in [1.54, 1.807) is 0 Å². The summed E-state index contributed by atoms with van der Waals surface area (Å²) in [6.45, 7) is 11.9.